The van der Waals surface area contributed by atoms with Crippen molar-refractivity contribution in [3.63, 3.8) is 0 Å². The highest BCUT2D eigenvalue weighted by Gasteiger charge is 2.35. The van der Waals surface area contributed by atoms with Gasteiger partial charge in [-0.05, 0) is 48.2 Å². The maximum Gasteiger partial charge on any atom is 0.344 e. The summed E-state index contributed by atoms with van der Waals surface area (Å²) >= 11 is 1.37. The van der Waals surface area contributed by atoms with E-state index in [4.69, 9.17) is 13.9 Å². The van der Waals surface area contributed by atoms with Crippen molar-refractivity contribution in [2.24, 2.45) is 5.10 Å². The second kappa shape index (κ2) is 8.96. The minimum Gasteiger partial charge on any atom is -0.482 e. The smallest absolute Gasteiger partial charge is 0.344 e. The van der Waals surface area contributed by atoms with Crippen LogP contribution in [0.15, 0.2) is 69.7 Å². The summed E-state index contributed by atoms with van der Waals surface area (Å²) in [6.45, 7) is 1.87. The zero-order chi connectivity index (χ0) is 20.9. The minimum absolute atomic E-state index is 0.172. The largest absolute Gasteiger partial charge is 0.482 e. The van der Waals surface area contributed by atoms with Crippen LogP contribution in [0.2, 0.25) is 0 Å². The fourth-order valence-electron chi connectivity index (χ4n) is 3.22. The van der Waals surface area contributed by atoms with Crippen molar-refractivity contribution in [1.82, 2.24) is 5.01 Å². The van der Waals surface area contributed by atoms with Crippen LogP contribution in [0.1, 0.15) is 40.4 Å². The molecule has 3 heterocycles. The average Bonchev–Trinajstić information content (AvgIpc) is 3.53. The van der Waals surface area contributed by atoms with Gasteiger partial charge in [0.05, 0.1) is 23.8 Å². The Morgan fingerprint density at radius 1 is 1.23 bits per heavy atom. The van der Waals surface area contributed by atoms with E-state index < -0.39 is 5.97 Å². The lowest BCUT2D eigenvalue weighted by atomic mass is 10.0. The molecular formula is C22H20N2O5S. The molecule has 0 aliphatic carbocycles. The number of furan rings is 1. The lowest BCUT2D eigenvalue weighted by molar-refractivity contribution is -0.145. The summed E-state index contributed by atoms with van der Waals surface area (Å²) < 4.78 is 15.9. The van der Waals surface area contributed by atoms with E-state index in [1.807, 2.05) is 35.7 Å². The third kappa shape index (κ3) is 4.28. The van der Waals surface area contributed by atoms with Gasteiger partial charge in [-0.2, -0.15) is 5.10 Å². The zero-order valence-electron chi connectivity index (χ0n) is 16.3. The molecule has 1 amide bonds. The molecule has 1 aliphatic heterocycles. The Labute approximate surface area is 177 Å². The molecule has 1 atom stereocenters. The van der Waals surface area contributed by atoms with E-state index in [0.29, 0.717) is 35.1 Å². The number of carbonyl (C=O) groups excluding carboxylic acids is 2. The Hall–Kier alpha value is -3.39. The van der Waals surface area contributed by atoms with E-state index in [0.717, 1.165) is 5.56 Å². The molecule has 8 heteroatoms. The summed E-state index contributed by atoms with van der Waals surface area (Å²) in [5, 5.41) is 7.93. The maximum atomic E-state index is 13.1. The maximum absolute atomic E-state index is 13.1. The normalized spacial score (nSPS) is 15.7. The Bertz CT molecular complexity index is 1040. The topological polar surface area (TPSA) is 81.3 Å². The van der Waals surface area contributed by atoms with Gasteiger partial charge in [-0.1, -0.05) is 18.2 Å². The van der Waals surface area contributed by atoms with Crippen LogP contribution in [0.3, 0.4) is 0 Å². The van der Waals surface area contributed by atoms with Crippen LogP contribution in [0.25, 0.3) is 0 Å². The number of hydrogen-bond acceptors (Lipinski definition) is 7. The highest BCUT2D eigenvalue weighted by Crippen LogP contribution is 2.35. The van der Waals surface area contributed by atoms with Crippen molar-refractivity contribution < 1.29 is 23.5 Å². The zero-order valence-corrected chi connectivity index (χ0v) is 17.1. The second-order valence-electron chi connectivity index (χ2n) is 6.54. The molecule has 0 bridgehead atoms. The molecule has 1 aliphatic rings. The standard InChI is InChI=1S/C22H20N2O5S/c1-2-27-21(25)14-29-16-7-3-6-15(12-16)18-13-17(19-8-4-10-28-19)23-24(18)22(26)20-9-5-11-30-20/h3-12,18H,2,13-14H2,1H3. The Kier molecular flexibility index (Phi) is 5.94. The van der Waals surface area contributed by atoms with Gasteiger partial charge >= 0.3 is 5.97 Å². The number of esters is 1. The number of hydrogen-bond donors (Lipinski definition) is 0. The molecule has 2 aromatic heterocycles. The first-order chi connectivity index (χ1) is 14.7. The quantitative estimate of drug-likeness (QED) is 0.529. The summed E-state index contributed by atoms with van der Waals surface area (Å²) in [5.41, 5.74) is 1.55. The summed E-state index contributed by atoms with van der Waals surface area (Å²) in [6, 6.07) is 14.2. The molecule has 154 valence electrons. The first kappa shape index (κ1) is 19.9. The van der Waals surface area contributed by atoms with E-state index in [-0.39, 0.29) is 18.6 Å². The van der Waals surface area contributed by atoms with Gasteiger partial charge in [0, 0.05) is 6.42 Å². The first-order valence-corrected chi connectivity index (χ1v) is 10.4. The predicted octanol–water partition coefficient (Wildman–Crippen LogP) is 4.27. The Morgan fingerprint density at radius 3 is 2.87 bits per heavy atom. The van der Waals surface area contributed by atoms with Crippen molar-refractivity contribution in [3.8, 4) is 5.75 Å². The van der Waals surface area contributed by atoms with Crippen LogP contribution in [0.5, 0.6) is 5.75 Å². The summed E-state index contributed by atoms with van der Waals surface area (Å²) in [5.74, 6) is 0.558. The van der Waals surface area contributed by atoms with Gasteiger partial charge in [0.1, 0.15) is 17.2 Å². The third-order valence-electron chi connectivity index (χ3n) is 4.56. The number of hydrazone groups is 1. The lowest BCUT2D eigenvalue weighted by Gasteiger charge is -2.22. The molecule has 3 aromatic rings. The number of benzene rings is 1. The summed E-state index contributed by atoms with van der Waals surface area (Å²) in [6.07, 6.45) is 2.09. The van der Waals surface area contributed by atoms with Crippen LogP contribution in [-0.4, -0.2) is 35.8 Å². The average molecular weight is 424 g/mol. The minimum atomic E-state index is -0.429. The summed E-state index contributed by atoms with van der Waals surface area (Å²) in [4.78, 5) is 25.3. The SMILES string of the molecule is CCOC(=O)COc1cccc(C2CC(c3ccco3)=NN2C(=O)c2cccs2)c1. The van der Waals surface area contributed by atoms with Crippen molar-refractivity contribution in [2.75, 3.05) is 13.2 Å². The van der Waals surface area contributed by atoms with Crippen LogP contribution in [-0.2, 0) is 9.53 Å². The predicted molar refractivity (Wildman–Crippen MR) is 112 cm³/mol. The molecule has 1 unspecified atom stereocenters. The molecular weight excluding hydrogens is 404 g/mol. The lowest BCUT2D eigenvalue weighted by Crippen LogP contribution is -2.26. The fourth-order valence-corrected chi connectivity index (χ4v) is 3.87. The molecule has 0 saturated heterocycles. The Balaban J connectivity index is 1.59. The van der Waals surface area contributed by atoms with E-state index >= 15 is 0 Å². The molecule has 0 radical (unpaired) electrons. The highest BCUT2D eigenvalue weighted by atomic mass is 32.1. The number of amides is 1. The van der Waals surface area contributed by atoms with Gasteiger partial charge in [-0.25, -0.2) is 9.80 Å². The highest BCUT2D eigenvalue weighted by molar-refractivity contribution is 7.12. The molecule has 0 spiro atoms. The van der Waals surface area contributed by atoms with E-state index in [1.54, 1.807) is 31.4 Å². The van der Waals surface area contributed by atoms with Gasteiger partial charge in [0.25, 0.3) is 5.91 Å². The van der Waals surface area contributed by atoms with Crippen LogP contribution < -0.4 is 4.74 Å². The molecule has 7 nitrogen and oxygen atoms in total. The van der Waals surface area contributed by atoms with E-state index in [9.17, 15) is 9.59 Å². The van der Waals surface area contributed by atoms with Crippen molar-refractivity contribution in [2.45, 2.75) is 19.4 Å². The van der Waals surface area contributed by atoms with E-state index in [1.165, 1.54) is 16.3 Å². The van der Waals surface area contributed by atoms with Crippen molar-refractivity contribution in [1.29, 1.82) is 0 Å². The molecule has 0 fully saturated rings. The van der Waals surface area contributed by atoms with Crippen molar-refractivity contribution in [3.05, 3.63) is 76.4 Å². The van der Waals surface area contributed by atoms with Crippen LogP contribution in [0, 0.1) is 0 Å². The monoisotopic (exact) mass is 424 g/mol. The van der Waals surface area contributed by atoms with E-state index in [2.05, 4.69) is 5.10 Å². The number of ether oxygens (including phenoxy) is 2. The van der Waals surface area contributed by atoms with Crippen LogP contribution in [0.4, 0.5) is 0 Å². The molecule has 0 saturated carbocycles. The van der Waals surface area contributed by atoms with Gasteiger partial charge in [0.2, 0.25) is 0 Å². The van der Waals surface area contributed by atoms with Gasteiger partial charge < -0.3 is 13.9 Å². The van der Waals surface area contributed by atoms with Crippen LogP contribution >= 0.6 is 11.3 Å². The number of thiophene rings is 1. The van der Waals surface area contributed by atoms with Gasteiger partial charge in [0.15, 0.2) is 6.61 Å². The number of rotatable bonds is 7. The fraction of sp³-hybridized carbons (Fsp3) is 0.227. The first-order valence-electron chi connectivity index (χ1n) is 9.52. The second-order valence-corrected chi connectivity index (χ2v) is 7.48. The molecule has 0 N–H and O–H groups in total. The third-order valence-corrected chi connectivity index (χ3v) is 5.42. The van der Waals surface area contributed by atoms with Crippen molar-refractivity contribution >= 4 is 28.9 Å². The van der Waals surface area contributed by atoms with Gasteiger partial charge in [-0.3, -0.25) is 4.79 Å². The molecule has 30 heavy (non-hydrogen) atoms. The summed E-state index contributed by atoms with van der Waals surface area (Å²) in [7, 11) is 0. The molecule has 1 aromatic carbocycles. The number of nitrogens with zero attached hydrogens (tertiary/aromatic N) is 2. The van der Waals surface area contributed by atoms with Gasteiger partial charge in [-0.15, -0.1) is 11.3 Å². The molecule has 4 rings (SSSR count). The Morgan fingerprint density at radius 2 is 2.13 bits per heavy atom. The number of carbonyl (C=O) groups is 2.